The van der Waals surface area contributed by atoms with Crippen LogP contribution in [0.2, 0.25) is 0 Å². The van der Waals surface area contributed by atoms with Crippen molar-refractivity contribution in [1.29, 1.82) is 0 Å². The van der Waals surface area contributed by atoms with Crippen LogP contribution < -0.4 is 22.8 Å². The number of aromatic nitrogens is 20. The van der Waals surface area contributed by atoms with Gasteiger partial charge in [-0.3, -0.25) is 0 Å². The second kappa shape index (κ2) is 37.5. The first-order valence-corrected chi connectivity index (χ1v) is 48.5. The zero-order valence-corrected chi connectivity index (χ0v) is 87.8. The molecule has 0 aliphatic rings. The monoisotopic (exact) mass is 1890 g/mol. The highest BCUT2D eigenvalue weighted by Crippen LogP contribution is 2.46. The lowest BCUT2D eigenvalue weighted by Gasteiger charge is -2.24. The van der Waals surface area contributed by atoms with Crippen molar-refractivity contribution in [1.82, 2.24) is 74.8 Å². The number of hydrogen-bond donors (Lipinski definition) is 0. The molecule has 0 spiro atoms. The summed E-state index contributed by atoms with van der Waals surface area (Å²) in [6.07, 6.45) is 8.91. The molecule has 0 fully saturated rings. The minimum Gasteiger partial charge on any atom is -0.245 e. The van der Waals surface area contributed by atoms with Gasteiger partial charge >= 0.3 is 0 Å². The second-order valence-electron chi connectivity index (χ2n) is 42.9. The molecule has 0 aliphatic heterocycles. The predicted molar refractivity (Wildman–Crippen MR) is 570 cm³/mol. The molecule has 142 heavy (non-hydrogen) atoms. The van der Waals surface area contributed by atoms with E-state index in [4.69, 9.17) is 29.9 Å². The number of hydrogen-bond acceptors (Lipinski definition) is 15. The summed E-state index contributed by atoms with van der Waals surface area (Å²) >= 11 is 0. The minimum atomic E-state index is -1.24. The highest BCUT2D eigenvalue weighted by Gasteiger charge is 2.35. The van der Waals surface area contributed by atoms with E-state index in [0.29, 0.717) is 34.1 Å². The highest BCUT2D eigenvalue weighted by molar-refractivity contribution is 6.04. The second-order valence-corrected chi connectivity index (χ2v) is 42.9. The van der Waals surface area contributed by atoms with E-state index in [1.807, 2.05) is 141 Å². The lowest BCUT2D eigenvalue weighted by atomic mass is 9.80. The molecule has 716 valence electrons. The van der Waals surface area contributed by atoms with Crippen LogP contribution in [0.3, 0.4) is 0 Å². The van der Waals surface area contributed by atoms with E-state index in [-0.39, 0.29) is 38.2 Å². The molecule has 21 rings (SSSR count). The van der Waals surface area contributed by atoms with E-state index in [9.17, 15) is 8.78 Å². The Morgan fingerprint density at radius 2 is 0.472 bits per heavy atom. The lowest BCUT2D eigenvalue weighted by molar-refractivity contribution is -0.668. The van der Waals surface area contributed by atoms with Crippen LogP contribution in [0, 0.1) is 88.1 Å². The van der Waals surface area contributed by atoms with Crippen molar-refractivity contribution in [3.05, 3.63) is 309 Å². The number of rotatable bonds is 5. The summed E-state index contributed by atoms with van der Waals surface area (Å²) in [6, 6.07) is 62.4. The van der Waals surface area contributed by atoms with E-state index in [2.05, 4.69) is 337 Å². The summed E-state index contributed by atoms with van der Waals surface area (Å²) in [5.41, 5.74) is 35.1. The van der Waals surface area contributed by atoms with Crippen LogP contribution in [0.1, 0.15) is 194 Å². The van der Waals surface area contributed by atoms with Gasteiger partial charge in [0.25, 0.3) is 70.8 Å². The molecule has 10 aromatic heterocycles. The zero-order chi connectivity index (χ0) is 102. The Labute approximate surface area is 829 Å². The van der Waals surface area contributed by atoms with Crippen molar-refractivity contribution in [2.75, 3.05) is 0 Å². The number of benzene rings is 11. The molecule has 22 heteroatoms. The third kappa shape index (κ3) is 18.4. The largest absolute Gasteiger partial charge is 0.299 e. The fourth-order valence-corrected chi connectivity index (χ4v) is 19.8. The molecule has 20 nitrogen and oxygen atoms in total. The molecule has 0 aliphatic carbocycles. The smallest absolute Gasteiger partial charge is 0.245 e. The first-order chi connectivity index (χ1) is 67.1. The normalized spacial score (nSPS) is 12.1. The van der Waals surface area contributed by atoms with Crippen LogP contribution in [0.5, 0.6) is 0 Å². The molecule has 0 bridgehead atoms. The number of halogens is 2. The van der Waals surface area contributed by atoms with E-state index < -0.39 is 11.9 Å². The predicted octanol–water partition coefficient (Wildman–Crippen LogP) is 24.7. The molecule has 10 heterocycles. The van der Waals surface area contributed by atoms with Gasteiger partial charge in [0.05, 0.1) is 69.0 Å². The third-order valence-electron chi connectivity index (χ3n) is 27.9. The zero-order valence-electron chi connectivity index (χ0n) is 87.8. The van der Waals surface area contributed by atoms with Gasteiger partial charge in [0.2, 0.25) is 0 Å². The van der Waals surface area contributed by atoms with Crippen LogP contribution in [0.25, 0.3) is 177 Å². The van der Waals surface area contributed by atoms with Gasteiger partial charge in [0, 0.05) is 54.1 Å². The van der Waals surface area contributed by atoms with Crippen molar-refractivity contribution in [3.8, 4) is 56.3 Å². The highest BCUT2D eigenvalue weighted by atomic mass is 19.2. The Bertz CT molecular complexity index is 8520. The molecule has 0 N–H and O–H groups in total. The average molecular weight is 1890 g/mol. The van der Waals surface area contributed by atoms with E-state index in [0.717, 1.165) is 101 Å². The molecule has 0 unspecified atom stereocenters. The van der Waals surface area contributed by atoms with Gasteiger partial charge in [-0.05, 0) is 266 Å². The van der Waals surface area contributed by atoms with Gasteiger partial charge in [-0.15, -0.1) is 0 Å². The van der Waals surface area contributed by atoms with Crippen molar-refractivity contribution in [3.63, 3.8) is 0 Å². The Kier molecular flexibility index (Phi) is 26.0. The van der Waals surface area contributed by atoms with E-state index >= 15 is 0 Å². The molecule has 0 radical (unpaired) electrons. The maximum Gasteiger partial charge on any atom is 0.299 e. The van der Waals surface area contributed by atoms with Gasteiger partial charge in [-0.2, -0.15) is 13.8 Å². The Morgan fingerprint density at radius 1 is 0.225 bits per heavy atom. The topological polar surface area (TPSA) is 213 Å². The molecule has 0 atom stereocenters. The first-order valence-electron chi connectivity index (χ1n) is 48.5. The van der Waals surface area contributed by atoms with Gasteiger partial charge in [0.15, 0.2) is 56.1 Å². The molecule has 21 aromatic rings. The SMILES string of the molecule is Cc1c(-c2c3nc(F)c(F)nc3nc(C)[n+]2C)cc(C(C)(C)C)c2ccccc12.Cc1c(-c2c3nc4ccccc4nc3nc[n+]2C)cc(C(C)(C)C)c2ccccc12.Cc1c(-c2c3nccnc3nc[n+]2C)cc(C(C)(C)C)c2ccccc12.Cc1nc2nc(C)[n+](C)c(-c3cc(C(C)(C)C)c4ccccc4c3C)c2nc1C.Cc1nc2nc[n+](C)c(-c3cc(C(C)(C)C)c4ccccc4c3C)c2nc1C. The van der Waals surface area contributed by atoms with Gasteiger partial charge in [-0.25, -0.2) is 67.7 Å². The van der Waals surface area contributed by atoms with E-state index in [1.165, 1.54) is 121 Å². The number of aryl methyl sites for hydroxylation is 14. The number of para-hydroxylation sites is 2. The molecular formula is C120H127F2N20+5. The standard InChI is InChI=1S/C26H25N4.C25H29N4.C24H27N4.C23H23F2N4.C22H23N4/c1-16-17-10-6-7-11-18(17)20(26(2,3)4)14-19(16)24-23-25(27-15-30(24)5)29-22-13-9-8-12-21(22)28-23;1-14-18-11-9-10-12-19(18)21(25(5,6)7)13-20(14)23-22-24(28-17(4)29(23)8)27-16(3)15(2)26-22;1-14-17-10-8-9-11-18(17)20(24(4,5)6)12-19(14)22-21-23(25-13-28(22)7)27-16(3)15(2)26-21;1-12-14-9-7-8-10-15(14)17(23(3,4)5)11-16(12)19-18-22(26-13(2)29(19)6)28-21(25)20(24)27-18;1-14-15-8-6-7-9-16(15)18(22(2,3)4)12-17(14)20-19-21(24-11-10-23-19)25-13-26(20)5/h6-15H,1-5H3;9-13H,1-8H3;8-13H,1-7H3;7-11H,1-6H3;6-13H,1-5H3/q5*+1. The molecule has 11 aromatic carbocycles. The maximum atomic E-state index is 14.0. The van der Waals surface area contributed by atoms with Crippen molar-refractivity contribution < 1.29 is 31.6 Å². The van der Waals surface area contributed by atoms with Crippen LogP contribution in [0.4, 0.5) is 8.78 Å². The molecule has 0 amide bonds. The fourth-order valence-electron chi connectivity index (χ4n) is 19.8. The van der Waals surface area contributed by atoms with Gasteiger partial charge in [-0.1, -0.05) is 237 Å². The molecule has 0 saturated carbocycles. The van der Waals surface area contributed by atoms with Gasteiger partial charge in [0.1, 0.15) is 0 Å². The summed E-state index contributed by atoms with van der Waals surface area (Å²) in [6.45, 7) is 56.4. The summed E-state index contributed by atoms with van der Waals surface area (Å²) in [4.78, 5) is 68.1. The summed E-state index contributed by atoms with van der Waals surface area (Å²) in [5, 5.41) is 12.7. The number of fused-ring (bicyclic) bond motifs is 11. The van der Waals surface area contributed by atoms with Crippen molar-refractivity contribution in [2.45, 2.75) is 207 Å². The van der Waals surface area contributed by atoms with Crippen LogP contribution >= 0.6 is 0 Å². The summed E-state index contributed by atoms with van der Waals surface area (Å²) < 4.78 is 37.9. The van der Waals surface area contributed by atoms with Crippen molar-refractivity contribution >= 4 is 121 Å². The van der Waals surface area contributed by atoms with Crippen LogP contribution in [-0.2, 0) is 62.3 Å². The summed E-state index contributed by atoms with van der Waals surface area (Å²) in [7, 11) is 10.0. The third-order valence-corrected chi connectivity index (χ3v) is 27.9. The number of nitrogens with zero attached hydrogens (tertiary/aromatic N) is 20. The van der Waals surface area contributed by atoms with Crippen LogP contribution in [0.15, 0.2) is 207 Å². The Hall–Kier alpha value is -15.1. The van der Waals surface area contributed by atoms with Crippen LogP contribution in [-0.4, -0.2) is 74.8 Å². The Balaban J connectivity index is 0.000000122. The average Bonchev–Trinajstić information content (AvgIpc) is 0.738. The van der Waals surface area contributed by atoms with E-state index in [1.54, 1.807) is 12.4 Å². The maximum absolute atomic E-state index is 14.0. The minimum absolute atomic E-state index is 0.0157. The quantitative estimate of drug-likeness (QED) is 0.116. The Morgan fingerprint density at radius 3 is 0.817 bits per heavy atom. The fraction of sp³-hybridized carbons (Fsp3) is 0.300. The molecular weight excluding hydrogens is 1760 g/mol. The summed E-state index contributed by atoms with van der Waals surface area (Å²) in [5.74, 6) is -0.902. The molecule has 0 saturated heterocycles. The van der Waals surface area contributed by atoms with Gasteiger partial charge < -0.3 is 0 Å². The lowest BCUT2D eigenvalue weighted by Crippen LogP contribution is -2.37. The first kappa shape index (κ1) is 98.5. The van der Waals surface area contributed by atoms with Crippen molar-refractivity contribution in [2.24, 2.45) is 35.2 Å².